The number of hydrogen-bond donors (Lipinski definition) is 2. The van der Waals surface area contributed by atoms with Gasteiger partial charge in [-0.1, -0.05) is 11.6 Å². The molecule has 0 aliphatic heterocycles. The van der Waals surface area contributed by atoms with Gasteiger partial charge in [0.05, 0.1) is 28.0 Å². The highest BCUT2D eigenvalue weighted by Crippen LogP contribution is 2.20. The third-order valence-corrected chi connectivity index (χ3v) is 2.47. The van der Waals surface area contributed by atoms with E-state index in [1.165, 1.54) is 18.5 Å². The van der Waals surface area contributed by atoms with E-state index in [0.29, 0.717) is 10.7 Å². The van der Waals surface area contributed by atoms with Crippen molar-refractivity contribution in [2.24, 2.45) is 0 Å². The zero-order chi connectivity index (χ0) is 13.1. The van der Waals surface area contributed by atoms with Gasteiger partial charge in [0.2, 0.25) is 0 Å². The maximum Gasteiger partial charge on any atom is 0.287 e. The highest BCUT2D eigenvalue weighted by Gasteiger charge is 2.15. The van der Waals surface area contributed by atoms with Crippen molar-refractivity contribution in [2.45, 2.75) is 0 Å². The molecule has 8 heteroatoms. The van der Waals surface area contributed by atoms with E-state index < -0.39 is 10.8 Å². The molecule has 92 valence electrons. The average Bonchev–Trinajstić information content (AvgIpc) is 2.81. The van der Waals surface area contributed by atoms with Crippen molar-refractivity contribution in [3.8, 4) is 0 Å². The summed E-state index contributed by atoms with van der Waals surface area (Å²) in [5, 5.41) is 13.3. The molecule has 0 aliphatic carbocycles. The second-order valence-electron chi connectivity index (χ2n) is 3.34. The molecule has 0 fully saturated rings. The second kappa shape index (κ2) is 4.84. The summed E-state index contributed by atoms with van der Waals surface area (Å²) in [6.07, 6.45) is 4.01. The van der Waals surface area contributed by atoms with Crippen LogP contribution in [-0.2, 0) is 0 Å². The van der Waals surface area contributed by atoms with Crippen LogP contribution in [0.3, 0.4) is 0 Å². The van der Waals surface area contributed by atoms with Gasteiger partial charge in [0.1, 0.15) is 5.69 Å². The number of nitrogens with one attached hydrogen (secondary N) is 2. The zero-order valence-electron chi connectivity index (χ0n) is 8.88. The molecule has 2 heterocycles. The number of aromatic nitrogens is 2. The van der Waals surface area contributed by atoms with Gasteiger partial charge in [0.25, 0.3) is 11.6 Å². The number of amides is 1. The lowest BCUT2D eigenvalue weighted by Gasteiger charge is -2.04. The molecular formula is C10H7ClN4O3. The topological polar surface area (TPSA) is 101 Å². The van der Waals surface area contributed by atoms with Crippen molar-refractivity contribution in [3.05, 3.63) is 51.6 Å². The molecule has 0 radical (unpaired) electrons. The molecule has 0 saturated heterocycles. The first-order chi connectivity index (χ1) is 8.58. The number of hydrogen-bond acceptors (Lipinski definition) is 4. The Labute approximate surface area is 106 Å². The molecule has 18 heavy (non-hydrogen) atoms. The van der Waals surface area contributed by atoms with Crippen LogP contribution in [-0.4, -0.2) is 20.8 Å². The normalized spacial score (nSPS) is 10.1. The van der Waals surface area contributed by atoms with Gasteiger partial charge >= 0.3 is 0 Å². The summed E-state index contributed by atoms with van der Waals surface area (Å²) >= 11 is 5.84. The van der Waals surface area contributed by atoms with Crippen molar-refractivity contribution in [1.29, 1.82) is 0 Å². The molecule has 0 bridgehead atoms. The summed E-state index contributed by atoms with van der Waals surface area (Å²) in [5.74, 6) is -0.530. The predicted molar refractivity (Wildman–Crippen MR) is 64.6 cm³/mol. The van der Waals surface area contributed by atoms with Gasteiger partial charge in [-0.3, -0.25) is 19.9 Å². The Balaban J connectivity index is 2.17. The van der Waals surface area contributed by atoms with Crippen LogP contribution >= 0.6 is 11.6 Å². The van der Waals surface area contributed by atoms with E-state index in [2.05, 4.69) is 15.3 Å². The number of anilines is 1. The van der Waals surface area contributed by atoms with Gasteiger partial charge < -0.3 is 10.3 Å². The van der Waals surface area contributed by atoms with Gasteiger partial charge in [-0.2, -0.15) is 0 Å². The molecule has 2 aromatic heterocycles. The molecular weight excluding hydrogens is 260 g/mol. The van der Waals surface area contributed by atoms with Crippen molar-refractivity contribution in [1.82, 2.24) is 9.97 Å². The lowest BCUT2D eigenvalue weighted by Crippen LogP contribution is -2.12. The first-order valence-corrected chi connectivity index (χ1v) is 5.19. The monoisotopic (exact) mass is 266 g/mol. The van der Waals surface area contributed by atoms with Gasteiger partial charge in [0.15, 0.2) is 0 Å². The second-order valence-corrected chi connectivity index (χ2v) is 3.75. The molecule has 2 N–H and O–H groups in total. The minimum atomic E-state index is -0.593. The number of aromatic amines is 1. The van der Waals surface area contributed by atoms with E-state index >= 15 is 0 Å². The fourth-order valence-electron chi connectivity index (χ4n) is 1.28. The Hall–Kier alpha value is -2.41. The third kappa shape index (κ3) is 2.46. The molecule has 0 atom stereocenters. The van der Waals surface area contributed by atoms with E-state index in [9.17, 15) is 14.9 Å². The maximum atomic E-state index is 11.8. The van der Waals surface area contributed by atoms with Crippen LogP contribution in [0, 0.1) is 10.1 Å². The van der Waals surface area contributed by atoms with Crippen LogP contribution in [0.25, 0.3) is 0 Å². The zero-order valence-corrected chi connectivity index (χ0v) is 9.64. The Morgan fingerprint density at radius 2 is 2.33 bits per heavy atom. The molecule has 0 spiro atoms. The van der Waals surface area contributed by atoms with Crippen LogP contribution in [0.2, 0.25) is 5.02 Å². The average molecular weight is 267 g/mol. The van der Waals surface area contributed by atoms with E-state index in [0.717, 1.165) is 12.3 Å². The molecule has 2 rings (SSSR count). The van der Waals surface area contributed by atoms with Gasteiger partial charge in [-0.15, -0.1) is 0 Å². The standard InChI is InChI=1S/C10H7ClN4O3/c11-7-1-2-12-5-9(7)14-10(16)8-3-6(4-13-8)15(17)18/h1-5,13H,(H,14,16). The minimum absolute atomic E-state index is 0.0709. The van der Waals surface area contributed by atoms with Crippen LogP contribution < -0.4 is 5.32 Å². The highest BCUT2D eigenvalue weighted by molar-refractivity contribution is 6.33. The van der Waals surface area contributed by atoms with Crippen LogP contribution in [0.15, 0.2) is 30.7 Å². The van der Waals surface area contributed by atoms with Crippen LogP contribution in [0.1, 0.15) is 10.5 Å². The molecule has 0 aliphatic rings. The van der Waals surface area contributed by atoms with Gasteiger partial charge in [0, 0.05) is 12.3 Å². The highest BCUT2D eigenvalue weighted by atomic mass is 35.5. The Bertz CT molecular complexity index is 611. The number of nitro groups is 1. The summed E-state index contributed by atoms with van der Waals surface area (Å²) < 4.78 is 0. The summed E-state index contributed by atoms with van der Waals surface area (Å²) in [5.41, 5.74) is 0.223. The van der Waals surface area contributed by atoms with E-state index in [1.54, 1.807) is 0 Å². The first kappa shape index (κ1) is 12.1. The van der Waals surface area contributed by atoms with E-state index in [-0.39, 0.29) is 11.4 Å². The maximum absolute atomic E-state index is 11.8. The number of nitrogens with zero attached hydrogens (tertiary/aromatic N) is 2. The summed E-state index contributed by atoms with van der Waals surface area (Å²) in [7, 11) is 0. The Morgan fingerprint density at radius 1 is 1.56 bits per heavy atom. The Morgan fingerprint density at radius 3 is 2.94 bits per heavy atom. The van der Waals surface area contributed by atoms with Crippen molar-refractivity contribution in [3.63, 3.8) is 0 Å². The molecule has 7 nitrogen and oxygen atoms in total. The van der Waals surface area contributed by atoms with E-state index in [4.69, 9.17) is 11.6 Å². The Kier molecular flexibility index (Phi) is 3.24. The van der Waals surface area contributed by atoms with Gasteiger partial charge in [-0.05, 0) is 6.07 Å². The fraction of sp³-hybridized carbons (Fsp3) is 0. The smallest absolute Gasteiger partial charge is 0.287 e. The fourth-order valence-corrected chi connectivity index (χ4v) is 1.43. The third-order valence-electron chi connectivity index (χ3n) is 2.14. The summed E-state index contributed by atoms with van der Waals surface area (Å²) in [6, 6.07) is 2.66. The number of carbonyl (C=O) groups excluding carboxylic acids is 1. The summed E-state index contributed by atoms with van der Waals surface area (Å²) in [6.45, 7) is 0. The SMILES string of the molecule is O=C(Nc1cnccc1Cl)c1cc([N+](=O)[O-])c[nH]1. The number of H-pyrrole nitrogens is 1. The molecule has 1 amide bonds. The van der Waals surface area contributed by atoms with Crippen LogP contribution in [0.4, 0.5) is 11.4 Å². The molecule has 0 aromatic carbocycles. The quantitative estimate of drug-likeness (QED) is 0.657. The summed E-state index contributed by atoms with van der Waals surface area (Å²) in [4.78, 5) is 27.9. The number of carbonyl (C=O) groups is 1. The largest absolute Gasteiger partial charge is 0.351 e. The molecule has 0 saturated carbocycles. The lowest BCUT2D eigenvalue weighted by atomic mass is 10.3. The number of halogens is 1. The number of pyridine rings is 1. The number of rotatable bonds is 3. The molecule has 0 unspecified atom stereocenters. The van der Waals surface area contributed by atoms with Gasteiger partial charge in [-0.25, -0.2) is 0 Å². The predicted octanol–water partition coefficient (Wildman–Crippen LogP) is 2.22. The van der Waals surface area contributed by atoms with Crippen LogP contribution in [0.5, 0.6) is 0 Å². The first-order valence-electron chi connectivity index (χ1n) is 4.81. The minimum Gasteiger partial charge on any atom is -0.351 e. The van der Waals surface area contributed by atoms with Crippen molar-refractivity contribution >= 4 is 28.9 Å². The van der Waals surface area contributed by atoms with Crippen molar-refractivity contribution in [2.75, 3.05) is 5.32 Å². The lowest BCUT2D eigenvalue weighted by molar-refractivity contribution is -0.384. The van der Waals surface area contributed by atoms with Crippen molar-refractivity contribution < 1.29 is 9.72 Å². The molecule has 2 aromatic rings. The van der Waals surface area contributed by atoms with E-state index in [1.807, 2.05) is 0 Å².